The summed E-state index contributed by atoms with van der Waals surface area (Å²) in [5.74, 6) is -0.0324. The summed E-state index contributed by atoms with van der Waals surface area (Å²) in [4.78, 5) is 11.7. The number of carbonyl (C=O) groups excluding carboxylic acids is 1. The van der Waals surface area contributed by atoms with Crippen LogP contribution in [0.2, 0.25) is 0 Å². The van der Waals surface area contributed by atoms with Crippen LogP contribution in [0.15, 0.2) is 0 Å². The second kappa shape index (κ2) is 10.2. The normalized spacial score (nSPS) is 7.55. The van der Waals surface area contributed by atoms with Gasteiger partial charge in [-0.25, -0.2) is 0 Å². The molecule has 0 aromatic heterocycles. The van der Waals surface area contributed by atoms with E-state index in [4.69, 9.17) is 0 Å². The predicted molar refractivity (Wildman–Crippen MR) is 43.7 cm³/mol. The maximum Gasteiger partial charge on any atom is 2.00 e. The average Bonchev–Trinajstić information content (AvgIpc) is 1.90. The van der Waals surface area contributed by atoms with Gasteiger partial charge in [-0.05, 0) is 0 Å². The summed E-state index contributed by atoms with van der Waals surface area (Å²) in [6, 6.07) is 0. The van der Waals surface area contributed by atoms with Gasteiger partial charge in [0.15, 0.2) is 5.91 Å². The van der Waals surface area contributed by atoms with E-state index in [2.05, 4.69) is 14.1 Å². The number of rotatable bonds is 1. The minimum Gasteiger partial charge on any atom is -0.641 e. The van der Waals surface area contributed by atoms with E-state index in [1.807, 2.05) is 27.7 Å². The Hall–Kier alpha value is 0.158. The van der Waals surface area contributed by atoms with Crippen molar-refractivity contribution in [2.24, 2.45) is 5.92 Å². The van der Waals surface area contributed by atoms with E-state index >= 15 is 0 Å². The van der Waals surface area contributed by atoms with E-state index in [9.17, 15) is 4.79 Å². The summed E-state index contributed by atoms with van der Waals surface area (Å²) in [7, 11) is 6.66. The van der Waals surface area contributed by atoms with Crippen LogP contribution in [0.25, 0.3) is 0 Å². The summed E-state index contributed by atoms with van der Waals surface area (Å²) in [5, 5.41) is 0. The minimum absolute atomic E-state index is 0. The Morgan fingerprint density at radius 3 is 1.55 bits per heavy atom. The molecular formula is C8H17NOW. The number of hydrogen-bond donors (Lipinski definition) is 0. The monoisotopic (exact) mass is 327 g/mol. The van der Waals surface area contributed by atoms with Crippen LogP contribution in [0.1, 0.15) is 27.7 Å². The van der Waals surface area contributed by atoms with Crippen LogP contribution in [0.4, 0.5) is 0 Å². The molecule has 0 aliphatic rings. The molecule has 11 heavy (non-hydrogen) atoms. The quantitative estimate of drug-likeness (QED) is 0.676. The number of amides is 1. The van der Waals surface area contributed by atoms with E-state index in [1.165, 1.54) is 0 Å². The van der Waals surface area contributed by atoms with Crippen LogP contribution in [0.5, 0.6) is 0 Å². The summed E-state index contributed by atoms with van der Waals surface area (Å²) in [5.41, 5.74) is 0. The van der Waals surface area contributed by atoms with E-state index in [1.54, 1.807) is 0 Å². The molecule has 2 nitrogen and oxygen atoms in total. The van der Waals surface area contributed by atoms with Gasteiger partial charge in [-0.3, -0.25) is 18.9 Å². The molecule has 0 spiro atoms. The SMILES string of the molecule is CC.[CH2-]N([CH2-])C(=O)C(C)C.[W+2]. The summed E-state index contributed by atoms with van der Waals surface area (Å²) < 4.78 is 0. The predicted octanol–water partition coefficient (Wildman–Crippen LogP) is 2.08. The molecule has 0 saturated heterocycles. The summed E-state index contributed by atoms with van der Waals surface area (Å²) in [6.45, 7) is 7.62. The van der Waals surface area contributed by atoms with E-state index in [0.717, 1.165) is 4.90 Å². The van der Waals surface area contributed by atoms with Crippen LogP contribution in [0.3, 0.4) is 0 Å². The fourth-order valence-corrected chi connectivity index (χ4v) is 0.365. The van der Waals surface area contributed by atoms with E-state index < -0.39 is 0 Å². The standard InChI is InChI=1S/C6H11NO.C2H6.W/c1-5(2)6(8)7(3)4;1-2;/h5H,3-4H2,1-2H3;1-2H3;/q-2;;+2. The largest absolute Gasteiger partial charge is 2.00 e. The molecule has 0 aromatic rings. The number of carbonyl (C=O) groups is 1. The third-order valence-corrected chi connectivity index (χ3v) is 0.806. The van der Waals surface area contributed by atoms with E-state index in [-0.39, 0.29) is 32.9 Å². The van der Waals surface area contributed by atoms with Crippen molar-refractivity contribution in [3.8, 4) is 0 Å². The van der Waals surface area contributed by atoms with E-state index in [0.29, 0.717) is 0 Å². The molecule has 0 aliphatic heterocycles. The Bertz CT molecular complexity index is 82.1. The maximum absolute atomic E-state index is 10.6. The first-order valence-corrected chi connectivity index (χ1v) is 3.50. The zero-order valence-electron chi connectivity index (χ0n) is 7.76. The van der Waals surface area contributed by atoms with Crippen LogP contribution in [-0.2, 0) is 25.9 Å². The van der Waals surface area contributed by atoms with Crippen LogP contribution < -0.4 is 0 Å². The first-order valence-electron chi connectivity index (χ1n) is 3.50. The summed E-state index contributed by atoms with van der Waals surface area (Å²) >= 11 is 0. The van der Waals surface area contributed by atoms with Crippen LogP contribution in [-0.4, -0.2) is 10.8 Å². The molecule has 0 saturated carbocycles. The van der Waals surface area contributed by atoms with Crippen molar-refractivity contribution in [3.63, 3.8) is 0 Å². The molecule has 0 fully saturated rings. The first kappa shape index (κ1) is 17.3. The average molecular weight is 327 g/mol. The number of nitrogens with zero attached hydrogens (tertiary/aromatic N) is 1. The molecule has 66 valence electrons. The zero-order chi connectivity index (χ0) is 8.73. The smallest absolute Gasteiger partial charge is 0.641 e. The van der Waals surface area contributed by atoms with Crippen molar-refractivity contribution in [3.05, 3.63) is 14.1 Å². The molecule has 0 radical (unpaired) electrons. The molecule has 0 bridgehead atoms. The van der Waals surface area contributed by atoms with Gasteiger partial charge >= 0.3 is 21.1 Å². The van der Waals surface area contributed by atoms with Gasteiger partial charge in [0.2, 0.25) is 0 Å². The Morgan fingerprint density at radius 1 is 1.27 bits per heavy atom. The van der Waals surface area contributed by atoms with Crippen LogP contribution >= 0.6 is 0 Å². The topological polar surface area (TPSA) is 20.3 Å². The Balaban J connectivity index is -0.000000196. The van der Waals surface area contributed by atoms with Gasteiger partial charge in [0, 0.05) is 5.92 Å². The second-order valence-electron chi connectivity index (χ2n) is 2.03. The summed E-state index contributed by atoms with van der Waals surface area (Å²) in [6.07, 6.45) is 0. The Kier molecular flexibility index (Phi) is 16.0. The van der Waals surface area contributed by atoms with Gasteiger partial charge in [0.05, 0.1) is 0 Å². The molecule has 0 atom stereocenters. The molecule has 0 unspecified atom stereocenters. The molecule has 1 amide bonds. The fourth-order valence-electron chi connectivity index (χ4n) is 0.365. The molecular weight excluding hydrogens is 310 g/mol. The Labute approximate surface area is 84.6 Å². The van der Waals surface area contributed by atoms with Gasteiger partial charge in [0.1, 0.15) is 0 Å². The molecule has 3 heteroatoms. The van der Waals surface area contributed by atoms with Crippen molar-refractivity contribution >= 4 is 5.91 Å². The van der Waals surface area contributed by atoms with Crippen molar-refractivity contribution in [2.45, 2.75) is 27.7 Å². The van der Waals surface area contributed by atoms with Gasteiger partial charge in [0.25, 0.3) is 0 Å². The van der Waals surface area contributed by atoms with Crippen molar-refractivity contribution in [2.75, 3.05) is 0 Å². The van der Waals surface area contributed by atoms with Crippen molar-refractivity contribution < 1.29 is 25.9 Å². The second-order valence-corrected chi connectivity index (χ2v) is 2.03. The first-order chi connectivity index (χ1) is 4.55. The zero-order valence-corrected chi connectivity index (χ0v) is 10.7. The molecule has 0 heterocycles. The van der Waals surface area contributed by atoms with Gasteiger partial charge < -0.3 is 4.90 Å². The van der Waals surface area contributed by atoms with Crippen molar-refractivity contribution in [1.29, 1.82) is 0 Å². The van der Waals surface area contributed by atoms with Crippen molar-refractivity contribution in [1.82, 2.24) is 4.90 Å². The van der Waals surface area contributed by atoms with Crippen LogP contribution in [0, 0.1) is 20.0 Å². The maximum atomic E-state index is 10.6. The Morgan fingerprint density at radius 2 is 1.55 bits per heavy atom. The minimum atomic E-state index is -0.0370. The molecule has 0 N–H and O–H groups in total. The van der Waals surface area contributed by atoms with Gasteiger partial charge in [-0.1, -0.05) is 27.7 Å². The third kappa shape index (κ3) is 10.2. The molecule has 0 aliphatic carbocycles. The van der Waals surface area contributed by atoms with Gasteiger partial charge in [-0.2, -0.15) is 0 Å². The number of hydrogen-bond acceptors (Lipinski definition) is 1. The molecule has 0 rings (SSSR count). The fraction of sp³-hybridized carbons (Fsp3) is 0.625. The molecule has 0 aromatic carbocycles. The third-order valence-electron chi connectivity index (χ3n) is 0.806. The van der Waals surface area contributed by atoms with Gasteiger partial charge in [-0.15, -0.1) is 0 Å².